The molecule has 2 rings (SSSR count). The summed E-state index contributed by atoms with van der Waals surface area (Å²) in [6, 6.07) is 4.91. The molecule has 110 valence electrons. The molecule has 1 aromatic carbocycles. The average molecular weight is 327 g/mol. The van der Waals surface area contributed by atoms with E-state index in [-0.39, 0.29) is 12.1 Å². The van der Waals surface area contributed by atoms with Gasteiger partial charge in [-0.2, -0.15) is 0 Å². The van der Waals surface area contributed by atoms with Crippen molar-refractivity contribution in [2.45, 2.75) is 13.5 Å². The Kier molecular flexibility index (Phi) is 4.34. The zero-order chi connectivity index (χ0) is 15.7. The molecule has 1 aromatic heterocycles. The zero-order valence-corrected chi connectivity index (χ0v) is 12.9. The predicted octanol–water partition coefficient (Wildman–Crippen LogP) is 2.10. The Morgan fingerprint density at radius 1 is 1.24 bits per heavy atom. The molecule has 0 saturated carbocycles. The van der Waals surface area contributed by atoms with Crippen LogP contribution in [0.25, 0.3) is 0 Å². The second kappa shape index (κ2) is 5.87. The number of benzene rings is 1. The van der Waals surface area contributed by atoms with Crippen LogP contribution in [0.2, 0.25) is 10.0 Å². The highest BCUT2D eigenvalue weighted by Crippen LogP contribution is 2.21. The first-order chi connectivity index (χ1) is 9.81. The fraction of sp³-hybridized carbons (Fsp3) is 0.214. The van der Waals surface area contributed by atoms with Gasteiger partial charge in [0.05, 0.1) is 12.1 Å². The number of aromatic nitrogens is 2. The summed E-state index contributed by atoms with van der Waals surface area (Å²) in [5.74, 6) is -0.397. The lowest BCUT2D eigenvalue weighted by atomic mass is 10.2. The monoisotopic (exact) mass is 326 g/mol. The number of halogens is 2. The van der Waals surface area contributed by atoms with Crippen LogP contribution in [0.15, 0.2) is 34.0 Å². The van der Waals surface area contributed by atoms with Gasteiger partial charge in [0.1, 0.15) is 0 Å². The van der Waals surface area contributed by atoms with Crippen molar-refractivity contribution in [3.05, 3.63) is 66.4 Å². The van der Waals surface area contributed by atoms with Gasteiger partial charge in [-0.3, -0.25) is 18.7 Å². The van der Waals surface area contributed by atoms with Crippen LogP contribution in [0.3, 0.4) is 0 Å². The van der Waals surface area contributed by atoms with Crippen molar-refractivity contribution in [1.29, 1.82) is 0 Å². The van der Waals surface area contributed by atoms with Gasteiger partial charge in [-0.15, -0.1) is 0 Å². The van der Waals surface area contributed by atoms with Crippen molar-refractivity contribution < 1.29 is 4.79 Å². The molecule has 0 bridgehead atoms. The molecule has 21 heavy (non-hydrogen) atoms. The minimum atomic E-state index is -0.606. The minimum Gasteiger partial charge on any atom is -0.295 e. The molecule has 0 aliphatic heterocycles. The van der Waals surface area contributed by atoms with Gasteiger partial charge in [0.15, 0.2) is 5.78 Å². The Morgan fingerprint density at radius 3 is 2.48 bits per heavy atom. The fourth-order valence-electron chi connectivity index (χ4n) is 1.91. The Bertz CT molecular complexity index is 837. The number of carbonyl (C=O) groups is 1. The van der Waals surface area contributed by atoms with Gasteiger partial charge < -0.3 is 0 Å². The van der Waals surface area contributed by atoms with Gasteiger partial charge in [-0.05, 0) is 24.6 Å². The molecule has 0 N–H and O–H groups in total. The van der Waals surface area contributed by atoms with Crippen LogP contribution < -0.4 is 11.2 Å². The van der Waals surface area contributed by atoms with E-state index in [1.165, 1.54) is 24.7 Å². The van der Waals surface area contributed by atoms with Crippen LogP contribution in [0.5, 0.6) is 0 Å². The number of hydrogen-bond donors (Lipinski definition) is 0. The maximum Gasteiger partial charge on any atom is 0.331 e. The minimum absolute atomic E-state index is 0.0396. The Hall–Kier alpha value is -1.85. The van der Waals surface area contributed by atoms with Crippen molar-refractivity contribution in [3.63, 3.8) is 0 Å². The lowest BCUT2D eigenvalue weighted by Crippen LogP contribution is -2.40. The normalized spacial score (nSPS) is 10.7. The third kappa shape index (κ3) is 3.09. The maximum atomic E-state index is 12.1. The van der Waals surface area contributed by atoms with Crippen LogP contribution in [-0.4, -0.2) is 14.9 Å². The molecule has 0 amide bonds. The molecule has 5 nitrogen and oxygen atoms in total. The van der Waals surface area contributed by atoms with E-state index in [0.717, 1.165) is 4.57 Å². The standard InChI is InChI=1S/C14H12Cl2N2O3/c1-8(19)11-7-18(14(21)17(2)13(11)20)6-9-3-4-10(15)5-12(9)16/h3-5,7H,6H2,1-2H3. The highest BCUT2D eigenvalue weighted by Gasteiger charge is 2.13. The number of nitrogens with zero attached hydrogens (tertiary/aromatic N) is 2. The fourth-order valence-corrected chi connectivity index (χ4v) is 2.38. The number of ketones is 1. The number of rotatable bonds is 3. The average Bonchev–Trinajstić information content (AvgIpc) is 2.41. The summed E-state index contributed by atoms with van der Waals surface area (Å²) in [6.45, 7) is 1.42. The number of hydrogen-bond acceptors (Lipinski definition) is 3. The van der Waals surface area contributed by atoms with Gasteiger partial charge >= 0.3 is 5.69 Å². The summed E-state index contributed by atoms with van der Waals surface area (Å²) < 4.78 is 2.17. The number of Topliss-reactive ketones (excluding diaryl/α,β-unsaturated/α-hetero) is 1. The van der Waals surface area contributed by atoms with Gasteiger partial charge in [0.2, 0.25) is 0 Å². The van der Waals surface area contributed by atoms with Gasteiger partial charge in [0.25, 0.3) is 5.56 Å². The summed E-state index contributed by atoms with van der Waals surface area (Å²) >= 11 is 11.9. The van der Waals surface area contributed by atoms with Crippen LogP contribution in [0.1, 0.15) is 22.8 Å². The van der Waals surface area contributed by atoms with E-state index in [2.05, 4.69) is 0 Å². The zero-order valence-electron chi connectivity index (χ0n) is 11.4. The first-order valence-electron chi connectivity index (χ1n) is 6.06. The SMILES string of the molecule is CC(=O)c1cn(Cc2ccc(Cl)cc2Cl)c(=O)n(C)c1=O. The molecular formula is C14H12Cl2N2O3. The third-order valence-electron chi connectivity index (χ3n) is 3.09. The summed E-state index contributed by atoms with van der Waals surface area (Å²) in [7, 11) is 1.33. The molecular weight excluding hydrogens is 315 g/mol. The first-order valence-corrected chi connectivity index (χ1v) is 6.82. The molecule has 0 aliphatic carbocycles. The molecule has 2 aromatic rings. The Morgan fingerprint density at radius 2 is 1.90 bits per heavy atom. The highest BCUT2D eigenvalue weighted by molar-refractivity contribution is 6.35. The maximum absolute atomic E-state index is 12.1. The predicted molar refractivity (Wildman–Crippen MR) is 81.5 cm³/mol. The Balaban J connectivity index is 2.57. The summed E-state index contributed by atoms with van der Waals surface area (Å²) in [6.07, 6.45) is 1.26. The van der Waals surface area contributed by atoms with Crippen LogP contribution in [-0.2, 0) is 13.6 Å². The van der Waals surface area contributed by atoms with Crippen LogP contribution in [0, 0.1) is 0 Å². The van der Waals surface area contributed by atoms with Gasteiger partial charge in [0, 0.05) is 23.3 Å². The molecule has 0 aliphatic rings. The van der Waals surface area contributed by atoms with Crippen molar-refractivity contribution >= 4 is 29.0 Å². The van der Waals surface area contributed by atoms with E-state index in [4.69, 9.17) is 23.2 Å². The third-order valence-corrected chi connectivity index (χ3v) is 3.67. The van der Waals surface area contributed by atoms with Crippen molar-refractivity contribution in [3.8, 4) is 0 Å². The smallest absolute Gasteiger partial charge is 0.295 e. The highest BCUT2D eigenvalue weighted by atomic mass is 35.5. The van der Waals surface area contributed by atoms with E-state index in [9.17, 15) is 14.4 Å². The molecule has 0 spiro atoms. The molecule has 0 atom stereocenters. The van der Waals surface area contributed by atoms with Gasteiger partial charge in [-0.1, -0.05) is 29.3 Å². The largest absolute Gasteiger partial charge is 0.331 e. The van der Waals surface area contributed by atoms with Crippen LogP contribution >= 0.6 is 23.2 Å². The number of carbonyl (C=O) groups excluding carboxylic acids is 1. The summed E-state index contributed by atoms with van der Waals surface area (Å²) in [5.41, 5.74) is -0.500. The molecule has 0 radical (unpaired) electrons. The lowest BCUT2D eigenvalue weighted by Gasteiger charge is -2.10. The van der Waals surface area contributed by atoms with Crippen molar-refractivity contribution in [2.24, 2.45) is 7.05 Å². The second-order valence-electron chi connectivity index (χ2n) is 4.61. The van der Waals surface area contributed by atoms with Crippen LogP contribution in [0.4, 0.5) is 0 Å². The van der Waals surface area contributed by atoms with E-state index in [0.29, 0.717) is 15.6 Å². The van der Waals surface area contributed by atoms with Crippen molar-refractivity contribution in [2.75, 3.05) is 0 Å². The molecule has 7 heteroatoms. The second-order valence-corrected chi connectivity index (χ2v) is 5.45. The topological polar surface area (TPSA) is 61.1 Å². The quantitative estimate of drug-likeness (QED) is 0.811. The van der Waals surface area contributed by atoms with Gasteiger partial charge in [-0.25, -0.2) is 4.79 Å². The summed E-state index contributed by atoms with van der Waals surface area (Å²) in [5, 5.41) is 0.897. The van der Waals surface area contributed by atoms with Crippen molar-refractivity contribution in [1.82, 2.24) is 9.13 Å². The van der Waals surface area contributed by atoms with E-state index in [1.807, 2.05) is 0 Å². The molecule has 0 fully saturated rings. The van der Waals surface area contributed by atoms with E-state index in [1.54, 1.807) is 18.2 Å². The Labute approximate surface area is 130 Å². The lowest BCUT2D eigenvalue weighted by molar-refractivity contribution is 0.101. The molecule has 1 heterocycles. The van der Waals surface area contributed by atoms with E-state index < -0.39 is 17.0 Å². The van der Waals surface area contributed by atoms with E-state index >= 15 is 0 Å². The molecule has 0 unspecified atom stereocenters. The molecule has 0 saturated heterocycles. The summed E-state index contributed by atoms with van der Waals surface area (Å²) in [4.78, 5) is 35.4. The first kappa shape index (κ1) is 15.5.